The van der Waals surface area contributed by atoms with E-state index in [-0.39, 0.29) is 23.7 Å². The molecule has 0 unspecified atom stereocenters. The number of rotatable bonds is 2. The first-order valence-electron chi connectivity index (χ1n) is 11.0. The van der Waals surface area contributed by atoms with Crippen molar-refractivity contribution in [3.8, 4) is 0 Å². The minimum absolute atomic E-state index is 0.0533. The van der Waals surface area contributed by atoms with Gasteiger partial charge in [0.05, 0.1) is 24.6 Å². The van der Waals surface area contributed by atoms with Crippen LogP contribution in [-0.4, -0.2) is 42.0 Å². The Kier molecular flexibility index (Phi) is 4.39. The molecule has 0 radical (unpaired) electrons. The second-order valence-corrected chi connectivity index (χ2v) is 8.81. The zero-order valence-corrected chi connectivity index (χ0v) is 17.4. The number of benzene rings is 2. The average molecular weight is 440 g/mol. The first kappa shape index (κ1) is 19.8. The van der Waals surface area contributed by atoms with Crippen molar-refractivity contribution in [3.63, 3.8) is 0 Å². The van der Waals surface area contributed by atoms with Crippen LogP contribution in [0.5, 0.6) is 0 Å². The second-order valence-electron chi connectivity index (χ2n) is 8.81. The minimum atomic E-state index is -1.70. The largest absolute Gasteiger partial charge is 0.338 e. The number of hydrogen-bond acceptors (Lipinski definition) is 4. The molecular formula is C24H22F2N2O4. The third kappa shape index (κ3) is 2.69. The van der Waals surface area contributed by atoms with Gasteiger partial charge in [-0.25, -0.2) is 8.78 Å². The van der Waals surface area contributed by atoms with E-state index in [2.05, 4.69) is 0 Å². The molecule has 2 bridgehead atoms. The number of halogens is 2. The van der Waals surface area contributed by atoms with Gasteiger partial charge in [-0.15, -0.1) is 0 Å². The summed E-state index contributed by atoms with van der Waals surface area (Å²) in [5.41, 5.74) is 1.49. The highest BCUT2D eigenvalue weighted by Crippen LogP contribution is 2.49. The smallest absolute Gasteiger partial charge is 0.297 e. The van der Waals surface area contributed by atoms with Gasteiger partial charge in [-0.3, -0.25) is 14.5 Å². The lowest BCUT2D eigenvalue weighted by Crippen LogP contribution is -2.46. The van der Waals surface area contributed by atoms with Gasteiger partial charge in [0, 0.05) is 29.3 Å². The van der Waals surface area contributed by atoms with Crippen molar-refractivity contribution in [1.29, 1.82) is 0 Å². The maximum absolute atomic E-state index is 14.0. The molecule has 0 aliphatic carbocycles. The second kappa shape index (κ2) is 7.08. The van der Waals surface area contributed by atoms with Crippen molar-refractivity contribution in [1.82, 2.24) is 4.90 Å². The summed E-state index contributed by atoms with van der Waals surface area (Å²) in [5.74, 6) is -4.34. The highest BCUT2D eigenvalue weighted by molar-refractivity contribution is 6.12. The summed E-state index contributed by atoms with van der Waals surface area (Å²) in [4.78, 5) is 30.1. The maximum atomic E-state index is 14.0. The molecule has 2 aromatic carbocycles. The molecule has 3 fully saturated rings. The fourth-order valence-corrected chi connectivity index (χ4v) is 5.58. The lowest BCUT2D eigenvalue weighted by molar-refractivity contribution is -0.256. The van der Waals surface area contributed by atoms with E-state index in [0.29, 0.717) is 36.4 Å². The molecule has 8 heteroatoms. The number of amides is 2. The summed E-state index contributed by atoms with van der Waals surface area (Å²) in [7, 11) is 0. The van der Waals surface area contributed by atoms with E-state index >= 15 is 0 Å². The number of ether oxygens (including phenoxy) is 2. The third-order valence-corrected chi connectivity index (χ3v) is 7.07. The molecule has 4 heterocycles. The minimum Gasteiger partial charge on any atom is -0.338 e. The molecule has 6 nitrogen and oxygen atoms in total. The van der Waals surface area contributed by atoms with Gasteiger partial charge in [-0.1, -0.05) is 0 Å². The van der Waals surface area contributed by atoms with Crippen molar-refractivity contribution in [2.75, 3.05) is 18.1 Å². The van der Waals surface area contributed by atoms with E-state index in [9.17, 15) is 18.4 Å². The highest BCUT2D eigenvalue weighted by atomic mass is 19.2. The van der Waals surface area contributed by atoms with Crippen molar-refractivity contribution >= 4 is 23.2 Å². The van der Waals surface area contributed by atoms with Gasteiger partial charge in [0.1, 0.15) is 0 Å². The molecule has 4 aliphatic heterocycles. The number of hydrogen-bond donors (Lipinski definition) is 0. The summed E-state index contributed by atoms with van der Waals surface area (Å²) < 4.78 is 39.2. The Morgan fingerprint density at radius 3 is 2.28 bits per heavy atom. The van der Waals surface area contributed by atoms with Crippen LogP contribution < -0.4 is 4.90 Å². The predicted octanol–water partition coefficient (Wildman–Crippen LogP) is 4.00. The van der Waals surface area contributed by atoms with Crippen LogP contribution in [0.15, 0.2) is 36.4 Å². The quantitative estimate of drug-likeness (QED) is 0.709. The van der Waals surface area contributed by atoms with E-state index in [1.807, 2.05) is 4.90 Å². The highest BCUT2D eigenvalue weighted by Gasteiger charge is 2.56. The molecule has 6 rings (SSSR count). The molecule has 2 aromatic rings. The molecule has 3 saturated heterocycles. The Labute approximate surface area is 183 Å². The first-order chi connectivity index (χ1) is 15.5. The van der Waals surface area contributed by atoms with E-state index in [4.69, 9.17) is 9.47 Å². The van der Waals surface area contributed by atoms with Crippen LogP contribution in [0.3, 0.4) is 0 Å². The molecule has 2 amide bonds. The molecule has 0 atom stereocenters. The van der Waals surface area contributed by atoms with E-state index in [1.54, 1.807) is 18.2 Å². The van der Waals surface area contributed by atoms with Gasteiger partial charge in [-0.05, 0) is 62.4 Å². The van der Waals surface area contributed by atoms with E-state index in [1.165, 1.54) is 11.0 Å². The zero-order chi connectivity index (χ0) is 22.0. The Balaban J connectivity index is 1.45. The van der Waals surface area contributed by atoms with Gasteiger partial charge < -0.3 is 14.4 Å². The van der Waals surface area contributed by atoms with Crippen molar-refractivity contribution in [2.45, 2.75) is 50.0 Å². The predicted molar refractivity (Wildman–Crippen MR) is 110 cm³/mol. The van der Waals surface area contributed by atoms with Gasteiger partial charge in [-0.2, -0.15) is 0 Å². The standard InChI is InChI=1S/C24H22F2N2O4/c25-19-8-7-17(13-20(19)26)28-21-9-2-14(22(29)27-15-3-4-16(27)6-5-15)12-18(21)24(23(28)30)31-10-1-11-32-24/h2,7-9,12-13,15-16H,1,3-6,10-11H2. The van der Waals surface area contributed by atoms with Crippen molar-refractivity contribution in [2.24, 2.45) is 0 Å². The van der Waals surface area contributed by atoms with Gasteiger partial charge in [0.15, 0.2) is 11.6 Å². The monoisotopic (exact) mass is 440 g/mol. The van der Waals surface area contributed by atoms with E-state index in [0.717, 1.165) is 37.8 Å². The van der Waals surface area contributed by atoms with Crippen LogP contribution in [0, 0.1) is 11.6 Å². The number of carbonyl (C=O) groups is 2. The summed E-state index contributed by atoms with van der Waals surface area (Å²) in [5, 5.41) is 0. The van der Waals surface area contributed by atoms with Crippen molar-refractivity contribution < 1.29 is 27.8 Å². The molecular weight excluding hydrogens is 418 g/mol. The van der Waals surface area contributed by atoms with Gasteiger partial charge in [0.25, 0.3) is 17.6 Å². The summed E-state index contributed by atoms with van der Waals surface area (Å²) in [6.45, 7) is 0.622. The van der Waals surface area contributed by atoms with Crippen LogP contribution in [-0.2, 0) is 20.1 Å². The third-order valence-electron chi connectivity index (χ3n) is 7.07. The molecule has 0 saturated carbocycles. The fraction of sp³-hybridized carbons (Fsp3) is 0.417. The lowest BCUT2D eigenvalue weighted by atomic mass is 10.0. The topological polar surface area (TPSA) is 59.1 Å². The summed E-state index contributed by atoms with van der Waals surface area (Å²) in [6, 6.07) is 8.85. The lowest BCUT2D eigenvalue weighted by Gasteiger charge is -2.32. The summed E-state index contributed by atoms with van der Waals surface area (Å²) >= 11 is 0. The number of nitrogens with zero attached hydrogens (tertiary/aromatic N) is 2. The van der Waals surface area contributed by atoms with Crippen LogP contribution in [0.1, 0.15) is 48.0 Å². The average Bonchev–Trinajstić information content (AvgIpc) is 3.47. The SMILES string of the molecule is O=C(c1ccc2c(c1)C1(OCCCO1)C(=O)N2c1ccc(F)c(F)c1)N1C2CCC1CC2. The zero-order valence-electron chi connectivity index (χ0n) is 17.4. The molecule has 32 heavy (non-hydrogen) atoms. The number of carbonyl (C=O) groups excluding carboxylic acids is 2. The fourth-order valence-electron chi connectivity index (χ4n) is 5.58. The molecule has 166 valence electrons. The molecule has 1 spiro atoms. The molecule has 0 N–H and O–H groups in total. The van der Waals surface area contributed by atoms with Crippen LogP contribution >= 0.6 is 0 Å². The van der Waals surface area contributed by atoms with Crippen LogP contribution in [0.2, 0.25) is 0 Å². The Morgan fingerprint density at radius 1 is 0.938 bits per heavy atom. The molecule has 4 aliphatic rings. The van der Waals surface area contributed by atoms with E-state index < -0.39 is 23.3 Å². The maximum Gasteiger partial charge on any atom is 0.297 e. The number of fused-ring (bicyclic) bond motifs is 4. The van der Waals surface area contributed by atoms with Crippen LogP contribution in [0.4, 0.5) is 20.2 Å². The van der Waals surface area contributed by atoms with Crippen LogP contribution in [0.25, 0.3) is 0 Å². The first-order valence-corrected chi connectivity index (χ1v) is 11.0. The Hall–Kier alpha value is -2.84. The van der Waals surface area contributed by atoms with Gasteiger partial charge >= 0.3 is 0 Å². The Bertz CT molecular complexity index is 1110. The normalized spacial score (nSPS) is 25.6. The number of anilines is 2. The summed E-state index contributed by atoms with van der Waals surface area (Å²) in [6.07, 6.45) is 4.74. The van der Waals surface area contributed by atoms with Crippen molar-refractivity contribution in [3.05, 3.63) is 59.2 Å². The Morgan fingerprint density at radius 2 is 1.62 bits per heavy atom. The molecule has 0 aromatic heterocycles. The van der Waals surface area contributed by atoms with Gasteiger partial charge in [0.2, 0.25) is 0 Å².